The van der Waals surface area contributed by atoms with Gasteiger partial charge < -0.3 is 44.5 Å². The molecule has 0 fully saturated rings. The Bertz CT molecular complexity index is 1380. The predicted molar refractivity (Wildman–Crippen MR) is 150 cm³/mol. The van der Waals surface area contributed by atoms with Crippen molar-refractivity contribution in [3.63, 3.8) is 0 Å². The summed E-state index contributed by atoms with van der Waals surface area (Å²) in [5.41, 5.74) is 4.16. The Morgan fingerprint density at radius 1 is 1.14 bits per heavy atom. The van der Waals surface area contributed by atoms with Gasteiger partial charge in [-0.05, 0) is 49.2 Å². The number of carbonyl (C=O) groups excluding carboxylic acids is 2. The second kappa shape index (κ2) is 14.8. The molecule has 2 aromatic rings. The number of nitrogens with one attached hydrogen (secondary N) is 3. The molecule has 1 heterocycles. The lowest BCUT2D eigenvalue weighted by molar-refractivity contribution is -0.139. The maximum absolute atomic E-state index is 12.4. The van der Waals surface area contributed by atoms with Gasteiger partial charge in [0.15, 0.2) is 35.8 Å². The first-order valence-electron chi connectivity index (χ1n) is 12.5. The normalized spacial score (nSPS) is 15.4. The SMILES string of the molecule is CCOc1cc([C@H]2NC(=O)NC(C)=C2C(=O)OC)ccc1OC[C@H](O)N/N=C\c1cc(Cl)c(OCC(=O)O)c(OC)c1. The van der Waals surface area contributed by atoms with Crippen molar-refractivity contribution >= 4 is 35.8 Å². The topological polar surface area (TPSA) is 186 Å². The Labute approximate surface area is 246 Å². The summed E-state index contributed by atoms with van der Waals surface area (Å²) in [6.45, 7) is 2.87. The number of urea groups is 1. The number of carboxylic acids is 1. The standard InChI is InChI=1S/C27H31ClN4O10/c1-5-40-19-10-16(24-23(26(36)39-4)14(2)30-27(37)31-24)6-7-18(19)41-12-21(33)32-29-11-15-8-17(28)25(20(9-15)38-3)42-13-22(34)35/h6-11,21,24,32-33H,5,12-13H2,1-4H3,(H,34,35)(H2,30,31,37)/b29-11-/t21-,24+/m0/s1. The van der Waals surface area contributed by atoms with Crippen LogP contribution in [0.5, 0.6) is 23.0 Å². The number of methoxy groups -OCH3 is 2. The van der Waals surface area contributed by atoms with Crippen LogP contribution in [0.4, 0.5) is 4.79 Å². The van der Waals surface area contributed by atoms with Crippen LogP contribution in [0, 0.1) is 0 Å². The fourth-order valence-electron chi connectivity index (χ4n) is 3.91. The van der Waals surface area contributed by atoms with Crippen molar-refractivity contribution in [2.75, 3.05) is 34.0 Å². The molecular formula is C27H31ClN4O10. The predicted octanol–water partition coefficient (Wildman–Crippen LogP) is 2.33. The van der Waals surface area contributed by atoms with E-state index in [4.69, 9.17) is 40.4 Å². The molecule has 0 bridgehead atoms. The molecule has 15 heteroatoms. The molecule has 5 N–H and O–H groups in total. The average Bonchev–Trinajstić information content (AvgIpc) is 2.94. The summed E-state index contributed by atoms with van der Waals surface area (Å²) in [6.07, 6.45) is 0.131. The summed E-state index contributed by atoms with van der Waals surface area (Å²) < 4.78 is 26.7. The Morgan fingerprint density at radius 2 is 1.90 bits per heavy atom. The number of hydrazone groups is 1. The van der Waals surface area contributed by atoms with Crippen molar-refractivity contribution in [2.45, 2.75) is 26.1 Å². The molecule has 1 aliphatic rings. The number of aliphatic carboxylic acids is 1. The van der Waals surface area contributed by atoms with Crippen LogP contribution < -0.4 is 35.0 Å². The lowest BCUT2D eigenvalue weighted by Crippen LogP contribution is -2.45. The van der Waals surface area contributed by atoms with Crippen LogP contribution >= 0.6 is 11.6 Å². The number of carboxylic acid groups (broad SMARTS) is 1. The van der Waals surface area contributed by atoms with E-state index in [9.17, 15) is 19.5 Å². The van der Waals surface area contributed by atoms with Crippen LogP contribution in [0.2, 0.25) is 5.02 Å². The number of carbonyl (C=O) groups is 3. The molecule has 226 valence electrons. The molecule has 2 atom stereocenters. The number of halogens is 1. The van der Waals surface area contributed by atoms with Crippen LogP contribution in [0.15, 0.2) is 46.7 Å². The molecule has 3 rings (SSSR count). The molecule has 2 aromatic carbocycles. The lowest BCUT2D eigenvalue weighted by Gasteiger charge is -2.28. The number of aliphatic hydroxyl groups excluding tert-OH is 1. The molecule has 1 aliphatic heterocycles. The monoisotopic (exact) mass is 606 g/mol. The van der Waals surface area contributed by atoms with Crippen LogP contribution in [0.25, 0.3) is 0 Å². The number of benzene rings is 2. The van der Waals surface area contributed by atoms with Gasteiger partial charge in [-0.25, -0.2) is 14.4 Å². The van der Waals surface area contributed by atoms with E-state index in [-0.39, 0.29) is 28.7 Å². The largest absolute Gasteiger partial charge is 0.493 e. The van der Waals surface area contributed by atoms with E-state index in [1.807, 2.05) is 0 Å². The highest BCUT2D eigenvalue weighted by Crippen LogP contribution is 2.36. The zero-order chi connectivity index (χ0) is 30.8. The van der Waals surface area contributed by atoms with Gasteiger partial charge in [-0.15, -0.1) is 0 Å². The summed E-state index contributed by atoms with van der Waals surface area (Å²) in [5.74, 6) is -0.854. The minimum Gasteiger partial charge on any atom is -0.493 e. The van der Waals surface area contributed by atoms with E-state index in [0.29, 0.717) is 34.9 Å². The second-order valence-corrected chi connectivity index (χ2v) is 9.04. The van der Waals surface area contributed by atoms with Crippen molar-refractivity contribution in [3.8, 4) is 23.0 Å². The molecule has 2 amide bonds. The minimum atomic E-state index is -1.23. The molecular weight excluding hydrogens is 576 g/mol. The van der Waals surface area contributed by atoms with Gasteiger partial charge in [0, 0.05) is 5.70 Å². The summed E-state index contributed by atoms with van der Waals surface area (Å²) >= 11 is 6.19. The van der Waals surface area contributed by atoms with Crippen LogP contribution in [-0.4, -0.2) is 74.7 Å². The third-order valence-corrected chi connectivity index (χ3v) is 5.98. The maximum atomic E-state index is 12.4. The number of rotatable bonds is 14. The van der Waals surface area contributed by atoms with Gasteiger partial charge >= 0.3 is 18.0 Å². The Hall–Kier alpha value is -4.69. The molecule has 0 saturated heterocycles. The van der Waals surface area contributed by atoms with Gasteiger partial charge in [-0.1, -0.05) is 17.7 Å². The first-order valence-corrected chi connectivity index (χ1v) is 12.9. The van der Waals surface area contributed by atoms with Crippen LogP contribution in [0.3, 0.4) is 0 Å². The van der Waals surface area contributed by atoms with E-state index < -0.39 is 36.8 Å². The Morgan fingerprint density at radius 3 is 2.57 bits per heavy atom. The highest BCUT2D eigenvalue weighted by atomic mass is 35.5. The van der Waals surface area contributed by atoms with Gasteiger partial charge in [0.1, 0.15) is 6.61 Å². The molecule has 0 saturated carbocycles. The number of esters is 1. The summed E-state index contributed by atoms with van der Waals surface area (Å²) in [6, 6.07) is 6.63. The second-order valence-electron chi connectivity index (χ2n) is 8.63. The van der Waals surface area contributed by atoms with E-state index in [1.54, 1.807) is 32.0 Å². The number of allylic oxidation sites excluding steroid dienone is 1. The number of nitrogens with zero attached hydrogens (tertiary/aromatic N) is 1. The highest BCUT2D eigenvalue weighted by molar-refractivity contribution is 6.32. The minimum absolute atomic E-state index is 0.0754. The summed E-state index contributed by atoms with van der Waals surface area (Å²) in [4.78, 5) is 35.3. The highest BCUT2D eigenvalue weighted by Gasteiger charge is 2.32. The zero-order valence-electron chi connectivity index (χ0n) is 23.2. The summed E-state index contributed by atoms with van der Waals surface area (Å²) in [7, 11) is 2.63. The van der Waals surface area contributed by atoms with Crippen LogP contribution in [0.1, 0.15) is 31.0 Å². The molecule has 14 nitrogen and oxygen atoms in total. The number of amides is 2. The van der Waals surface area contributed by atoms with Gasteiger partial charge in [0.2, 0.25) is 0 Å². The van der Waals surface area contributed by atoms with Gasteiger partial charge in [-0.2, -0.15) is 5.10 Å². The third-order valence-electron chi connectivity index (χ3n) is 5.70. The molecule has 0 radical (unpaired) electrons. The van der Waals surface area contributed by atoms with E-state index in [0.717, 1.165) is 0 Å². The van der Waals surface area contributed by atoms with Crippen molar-refractivity contribution < 1.29 is 48.3 Å². The number of hydrogen-bond acceptors (Lipinski definition) is 11. The maximum Gasteiger partial charge on any atom is 0.341 e. The van der Waals surface area contributed by atoms with E-state index in [1.165, 1.54) is 32.6 Å². The first kappa shape index (κ1) is 31.8. The molecule has 0 aromatic heterocycles. The molecule has 0 aliphatic carbocycles. The average molecular weight is 607 g/mol. The van der Waals surface area contributed by atoms with Crippen molar-refractivity contribution in [3.05, 3.63) is 57.8 Å². The lowest BCUT2D eigenvalue weighted by atomic mass is 9.95. The number of aliphatic hydroxyl groups is 1. The van der Waals surface area contributed by atoms with Crippen molar-refractivity contribution in [2.24, 2.45) is 5.10 Å². The zero-order valence-corrected chi connectivity index (χ0v) is 24.0. The van der Waals surface area contributed by atoms with E-state index in [2.05, 4.69) is 21.2 Å². The van der Waals surface area contributed by atoms with Gasteiger partial charge in [0.05, 0.1) is 43.7 Å². The third kappa shape index (κ3) is 8.17. The number of ether oxygens (including phenoxy) is 5. The fourth-order valence-corrected chi connectivity index (χ4v) is 4.18. The quantitative estimate of drug-likeness (QED) is 0.0919. The Balaban J connectivity index is 1.68. The first-order chi connectivity index (χ1) is 20.1. The van der Waals surface area contributed by atoms with Crippen LogP contribution in [-0.2, 0) is 14.3 Å². The van der Waals surface area contributed by atoms with E-state index >= 15 is 0 Å². The fraction of sp³-hybridized carbons (Fsp3) is 0.333. The van der Waals surface area contributed by atoms with Gasteiger partial charge in [0.25, 0.3) is 0 Å². The summed E-state index contributed by atoms with van der Waals surface area (Å²) in [5, 5.41) is 28.5. The van der Waals surface area contributed by atoms with Crippen molar-refractivity contribution in [1.82, 2.24) is 16.1 Å². The molecule has 0 spiro atoms. The number of hydrogen-bond donors (Lipinski definition) is 5. The molecule has 0 unspecified atom stereocenters. The van der Waals surface area contributed by atoms with Crippen molar-refractivity contribution in [1.29, 1.82) is 0 Å². The smallest absolute Gasteiger partial charge is 0.341 e. The molecule has 42 heavy (non-hydrogen) atoms. The Kier molecular flexibility index (Phi) is 11.2. The van der Waals surface area contributed by atoms with Gasteiger partial charge in [-0.3, -0.25) is 5.43 Å².